The van der Waals surface area contributed by atoms with Crippen LogP contribution in [0.25, 0.3) is 61.3 Å². The second kappa shape index (κ2) is 8.51. The molecule has 5 aromatic carbocycles. The lowest BCUT2D eigenvalue weighted by molar-refractivity contribution is 0.889. The SMILES string of the molecule is Cc1ccc#cc1-c1ccccc1-n1c2c(c3cc(-n4c5ccccc5c5ccccc54)ccc31)C=CCC2. The number of aromatic nitrogens is 2. The van der Waals surface area contributed by atoms with Gasteiger partial charge in [0, 0.05) is 44.2 Å². The van der Waals surface area contributed by atoms with Crippen molar-refractivity contribution in [2.45, 2.75) is 19.8 Å². The number of nitrogens with zero attached hydrogens (tertiary/aromatic N) is 2. The fraction of sp³-hybridized carbons (Fsp3) is 0.0811. The van der Waals surface area contributed by atoms with E-state index in [0.717, 1.165) is 18.4 Å². The van der Waals surface area contributed by atoms with E-state index in [9.17, 15) is 0 Å². The van der Waals surface area contributed by atoms with Crippen LogP contribution in [0.15, 0.2) is 109 Å². The summed E-state index contributed by atoms with van der Waals surface area (Å²) in [6.07, 6.45) is 6.71. The Morgan fingerprint density at radius 2 is 1.41 bits per heavy atom. The van der Waals surface area contributed by atoms with E-state index in [-0.39, 0.29) is 0 Å². The van der Waals surface area contributed by atoms with E-state index in [0.29, 0.717) is 0 Å². The van der Waals surface area contributed by atoms with Crippen LogP contribution in [0.2, 0.25) is 0 Å². The van der Waals surface area contributed by atoms with Crippen LogP contribution in [0.5, 0.6) is 0 Å². The van der Waals surface area contributed by atoms with Crippen molar-refractivity contribution in [3.8, 4) is 22.5 Å². The second-order valence-electron chi connectivity index (χ2n) is 10.4. The number of benzene rings is 4. The first-order valence-corrected chi connectivity index (χ1v) is 13.6. The second-order valence-corrected chi connectivity index (χ2v) is 10.4. The maximum Gasteiger partial charge on any atom is 0.0543 e. The summed E-state index contributed by atoms with van der Waals surface area (Å²) in [5.74, 6) is 0. The molecule has 2 nitrogen and oxygen atoms in total. The predicted molar refractivity (Wildman–Crippen MR) is 163 cm³/mol. The maximum atomic E-state index is 3.39. The van der Waals surface area contributed by atoms with Gasteiger partial charge in [-0.05, 0) is 73.9 Å². The molecule has 39 heavy (non-hydrogen) atoms. The molecule has 184 valence electrons. The van der Waals surface area contributed by atoms with Gasteiger partial charge in [0.15, 0.2) is 0 Å². The summed E-state index contributed by atoms with van der Waals surface area (Å²) in [6.45, 7) is 2.15. The molecule has 0 aliphatic heterocycles. The standard InChI is InChI=1S/C37H26N2/c1-25-12-2-3-13-27(25)28-14-4-10-20-35(28)39-36-21-11-7-17-31(36)32-24-26(22-23-37(32)39)38-33-18-8-5-15-29(33)30-16-6-9-19-34(30)38/h2,4-10,12,14-20,22-24H,11,21H2,1H3. The van der Waals surface area contributed by atoms with Gasteiger partial charge in [-0.3, -0.25) is 0 Å². The normalized spacial score (nSPS) is 12.7. The van der Waals surface area contributed by atoms with Crippen molar-refractivity contribution in [1.82, 2.24) is 9.13 Å². The molecule has 2 heteroatoms. The van der Waals surface area contributed by atoms with Crippen molar-refractivity contribution in [2.75, 3.05) is 0 Å². The third-order valence-electron chi connectivity index (χ3n) is 8.19. The van der Waals surface area contributed by atoms with Crippen molar-refractivity contribution >= 4 is 38.8 Å². The third-order valence-corrected chi connectivity index (χ3v) is 8.19. The summed E-state index contributed by atoms with van der Waals surface area (Å²) in [4.78, 5) is 0. The Kier molecular flexibility index (Phi) is 4.81. The lowest BCUT2D eigenvalue weighted by Gasteiger charge is -2.17. The molecule has 0 radical (unpaired) electrons. The van der Waals surface area contributed by atoms with Gasteiger partial charge in [0.05, 0.1) is 22.2 Å². The molecule has 0 atom stereocenters. The van der Waals surface area contributed by atoms with Gasteiger partial charge in [-0.25, -0.2) is 0 Å². The Hall–Kier alpha value is -5.00. The lowest BCUT2D eigenvalue weighted by Crippen LogP contribution is -2.04. The minimum atomic E-state index is 1.02. The van der Waals surface area contributed by atoms with Gasteiger partial charge in [0.2, 0.25) is 0 Å². The molecule has 2 heterocycles. The number of para-hydroxylation sites is 3. The van der Waals surface area contributed by atoms with Gasteiger partial charge >= 0.3 is 0 Å². The molecule has 1 aliphatic carbocycles. The molecule has 0 saturated carbocycles. The number of allylic oxidation sites excluding steroid dienone is 1. The third kappa shape index (κ3) is 3.24. The van der Waals surface area contributed by atoms with Gasteiger partial charge in [0.25, 0.3) is 0 Å². The van der Waals surface area contributed by atoms with Gasteiger partial charge in [-0.2, -0.15) is 0 Å². The first-order valence-electron chi connectivity index (χ1n) is 13.6. The van der Waals surface area contributed by atoms with E-state index in [1.54, 1.807) is 0 Å². The van der Waals surface area contributed by atoms with E-state index < -0.39 is 0 Å². The Bertz CT molecular complexity index is 2030. The Morgan fingerprint density at radius 3 is 2.21 bits per heavy atom. The summed E-state index contributed by atoms with van der Waals surface area (Å²) in [7, 11) is 0. The average molecular weight is 499 g/mol. The molecule has 0 fully saturated rings. The highest BCUT2D eigenvalue weighted by molar-refractivity contribution is 6.09. The topological polar surface area (TPSA) is 9.86 Å². The zero-order chi connectivity index (χ0) is 25.9. The van der Waals surface area contributed by atoms with E-state index >= 15 is 0 Å². The molecule has 7 aromatic rings. The summed E-state index contributed by atoms with van der Waals surface area (Å²) >= 11 is 0. The number of hydrogen-bond donors (Lipinski definition) is 0. The lowest BCUT2D eigenvalue weighted by atomic mass is 9.99. The Balaban J connectivity index is 1.42. The number of rotatable bonds is 3. The fourth-order valence-electron chi connectivity index (χ4n) is 6.45. The minimum absolute atomic E-state index is 1.02. The Morgan fingerprint density at radius 1 is 0.692 bits per heavy atom. The highest BCUT2D eigenvalue weighted by Gasteiger charge is 2.22. The van der Waals surface area contributed by atoms with Gasteiger partial charge in [0.1, 0.15) is 0 Å². The van der Waals surface area contributed by atoms with E-state index in [1.807, 2.05) is 6.07 Å². The molecule has 2 aromatic heterocycles. The molecule has 0 spiro atoms. The Labute approximate surface area is 228 Å². The monoisotopic (exact) mass is 498 g/mol. The maximum absolute atomic E-state index is 3.39. The van der Waals surface area contributed by atoms with E-state index in [1.165, 1.54) is 66.5 Å². The molecule has 8 rings (SSSR count). The molecule has 0 saturated heterocycles. The van der Waals surface area contributed by atoms with Crippen LogP contribution in [0.1, 0.15) is 23.2 Å². The van der Waals surface area contributed by atoms with Crippen LogP contribution in [0.3, 0.4) is 0 Å². The van der Waals surface area contributed by atoms with Gasteiger partial charge in [-0.1, -0.05) is 78.9 Å². The van der Waals surface area contributed by atoms with Crippen LogP contribution in [-0.4, -0.2) is 9.13 Å². The van der Waals surface area contributed by atoms with Crippen LogP contribution in [0, 0.1) is 19.1 Å². The highest BCUT2D eigenvalue weighted by Crippen LogP contribution is 2.39. The molecule has 0 unspecified atom stereocenters. The van der Waals surface area contributed by atoms with Gasteiger partial charge < -0.3 is 9.13 Å². The van der Waals surface area contributed by atoms with E-state index in [2.05, 4.69) is 137 Å². The minimum Gasteiger partial charge on any atom is -0.312 e. The summed E-state index contributed by atoms with van der Waals surface area (Å²) in [5, 5.41) is 3.86. The molecule has 0 amide bonds. The zero-order valence-corrected chi connectivity index (χ0v) is 21.8. The molecular formula is C37H26N2. The van der Waals surface area contributed by atoms with Crippen LogP contribution < -0.4 is 0 Å². The number of aryl methyl sites for hydroxylation is 1. The van der Waals surface area contributed by atoms with Crippen LogP contribution >= 0.6 is 0 Å². The first-order chi connectivity index (χ1) is 19.3. The van der Waals surface area contributed by atoms with Crippen LogP contribution in [0.4, 0.5) is 0 Å². The first kappa shape index (κ1) is 22.0. The van der Waals surface area contributed by atoms with Gasteiger partial charge in [-0.15, -0.1) is 0 Å². The molecule has 1 aliphatic rings. The van der Waals surface area contributed by atoms with Crippen molar-refractivity contribution in [3.63, 3.8) is 0 Å². The van der Waals surface area contributed by atoms with Crippen molar-refractivity contribution in [1.29, 1.82) is 0 Å². The molecule has 0 bridgehead atoms. The van der Waals surface area contributed by atoms with Crippen molar-refractivity contribution in [2.24, 2.45) is 0 Å². The highest BCUT2D eigenvalue weighted by atomic mass is 15.0. The number of fused-ring (bicyclic) bond motifs is 6. The molecule has 0 N–H and O–H groups in total. The average Bonchev–Trinajstić information content (AvgIpc) is 3.50. The molecular weight excluding hydrogens is 472 g/mol. The van der Waals surface area contributed by atoms with Crippen LogP contribution in [-0.2, 0) is 6.42 Å². The summed E-state index contributed by atoms with van der Waals surface area (Å²) < 4.78 is 4.89. The predicted octanol–water partition coefficient (Wildman–Crippen LogP) is 9.26. The zero-order valence-electron chi connectivity index (χ0n) is 21.8. The summed E-state index contributed by atoms with van der Waals surface area (Å²) in [6, 6.07) is 43.8. The van der Waals surface area contributed by atoms with E-state index in [4.69, 9.17) is 0 Å². The smallest absolute Gasteiger partial charge is 0.0543 e. The quantitative estimate of drug-likeness (QED) is 0.230. The fourth-order valence-corrected chi connectivity index (χ4v) is 6.45. The largest absolute Gasteiger partial charge is 0.312 e. The number of hydrogen-bond acceptors (Lipinski definition) is 0. The van der Waals surface area contributed by atoms with Crippen molar-refractivity contribution < 1.29 is 0 Å². The summed E-state index contributed by atoms with van der Waals surface area (Å²) in [5.41, 5.74) is 12.3. The van der Waals surface area contributed by atoms with Crippen molar-refractivity contribution in [3.05, 3.63) is 138 Å².